The minimum absolute atomic E-state index is 0.00997. The van der Waals surface area contributed by atoms with Gasteiger partial charge in [0.1, 0.15) is 12.4 Å². The van der Waals surface area contributed by atoms with Crippen LogP contribution in [0.1, 0.15) is 5.56 Å². The number of hydrogen-bond acceptors (Lipinski definition) is 6. The Bertz CT molecular complexity index is 935. The molecule has 0 fully saturated rings. The van der Waals surface area contributed by atoms with Gasteiger partial charge in [-0.15, -0.1) is 0 Å². The van der Waals surface area contributed by atoms with E-state index in [1.807, 2.05) is 0 Å². The Morgan fingerprint density at radius 1 is 1.25 bits per heavy atom. The maximum Gasteiger partial charge on any atom is 0.265 e. The molecule has 0 aliphatic carbocycles. The lowest BCUT2D eigenvalue weighted by Crippen LogP contribution is -2.46. The van der Waals surface area contributed by atoms with Crippen molar-refractivity contribution in [1.82, 2.24) is 10.7 Å². The molecule has 3 rings (SSSR count). The first kappa shape index (κ1) is 20.2. The molecule has 28 heavy (non-hydrogen) atoms. The summed E-state index contributed by atoms with van der Waals surface area (Å²) in [6.45, 7) is -0.231. The van der Waals surface area contributed by atoms with E-state index < -0.39 is 17.9 Å². The van der Waals surface area contributed by atoms with Crippen LogP contribution in [0, 0.1) is 0 Å². The van der Waals surface area contributed by atoms with Gasteiger partial charge < -0.3 is 19.9 Å². The molecule has 1 atom stereocenters. The third kappa shape index (κ3) is 5.02. The van der Waals surface area contributed by atoms with E-state index in [-0.39, 0.29) is 18.9 Å². The summed E-state index contributed by atoms with van der Waals surface area (Å²) in [7, 11) is 0. The first-order valence-corrected chi connectivity index (χ1v) is 9.69. The molecule has 1 aliphatic rings. The minimum Gasteiger partial charge on any atom is -0.506 e. The second-order valence-electron chi connectivity index (χ2n) is 5.70. The molecule has 0 saturated heterocycles. The normalized spacial score (nSPS) is 15.3. The molecule has 0 unspecified atom stereocenters. The molecular weight excluding hydrogens is 498 g/mol. The summed E-state index contributed by atoms with van der Waals surface area (Å²) in [6, 6.07) is 10.3. The highest BCUT2D eigenvalue weighted by Gasteiger charge is 2.27. The smallest absolute Gasteiger partial charge is 0.265 e. The third-order valence-corrected chi connectivity index (χ3v) is 4.74. The van der Waals surface area contributed by atoms with Crippen molar-refractivity contribution in [3.05, 3.63) is 50.9 Å². The Morgan fingerprint density at radius 3 is 2.79 bits per heavy atom. The monoisotopic (exact) mass is 511 g/mol. The molecule has 10 heteroatoms. The topological polar surface area (TPSA) is 109 Å². The Hall–Kier alpha value is -2.59. The lowest BCUT2D eigenvalue weighted by molar-refractivity contribution is -0.132. The first-order chi connectivity index (χ1) is 13.4. The summed E-state index contributed by atoms with van der Waals surface area (Å²) in [5.41, 5.74) is 2.67. The molecule has 1 aliphatic heterocycles. The van der Waals surface area contributed by atoms with Crippen LogP contribution < -0.4 is 20.2 Å². The number of carbonyl (C=O) groups is 2. The van der Waals surface area contributed by atoms with Gasteiger partial charge in [-0.1, -0.05) is 28.1 Å². The first-order valence-electron chi connectivity index (χ1n) is 8.10. The van der Waals surface area contributed by atoms with Gasteiger partial charge in [0.05, 0.1) is 17.2 Å². The Morgan fingerprint density at radius 2 is 2.00 bits per heavy atom. The fourth-order valence-corrected chi connectivity index (χ4v) is 3.59. The molecule has 8 nitrogen and oxygen atoms in total. The van der Waals surface area contributed by atoms with Crippen LogP contribution in [0.25, 0.3) is 0 Å². The standard InChI is InChI=1S/C18H15Br2N3O5/c19-11-5-10(17(25)12(20)6-11)7-22-23-16(24)8-21-18(26)15-9-27-13-3-1-2-4-14(13)28-15/h1-7,15,25H,8-9H2,(H,21,26)(H,23,24)/b22-7+/t15-/m0/s1. The van der Waals surface area contributed by atoms with Gasteiger partial charge in [-0.05, 0) is 40.2 Å². The predicted molar refractivity (Wildman–Crippen MR) is 109 cm³/mol. The zero-order valence-electron chi connectivity index (χ0n) is 14.3. The van der Waals surface area contributed by atoms with Crippen LogP contribution in [-0.2, 0) is 9.59 Å². The maximum atomic E-state index is 12.1. The van der Waals surface area contributed by atoms with E-state index in [0.717, 1.165) is 4.47 Å². The summed E-state index contributed by atoms with van der Waals surface area (Å²) in [6.07, 6.45) is 0.446. The van der Waals surface area contributed by atoms with Crippen LogP contribution in [0.15, 0.2) is 50.4 Å². The van der Waals surface area contributed by atoms with Crippen molar-refractivity contribution >= 4 is 49.9 Å². The van der Waals surface area contributed by atoms with Gasteiger partial charge in [0.2, 0.25) is 6.10 Å². The molecule has 3 N–H and O–H groups in total. The van der Waals surface area contributed by atoms with Crippen LogP contribution in [0.2, 0.25) is 0 Å². The number of amides is 2. The quantitative estimate of drug-likeness (QED) is 0.421. The number of nitrogens with zero attached hydrogens (tertiary/aromatic N) is 1. The molecule has 146 valence electrons. The Labute approximate surface area is 177 Å². The van der Waals surface area contributed by atoms with Crippen molar-refractivity contribution in [2.24, 2.45) is 5.10 Å². The maximum absolute atomic E-state index is 12.1. The minimum atomic E-state index is -0.845. The average Bonchev–Trinajstić information content (AvgIpc) is 2.69. The number of phenolic OH excluding ortho intramolecular Hbond substituents is 1. The SMILES string of the molecule is O=C(CNC(=O)[C@@H]1COc2ccccc2O1)N/N=C/c1cc(Br)cc(Br)c1O. The van der Waals surface area contributed by atoms with E-state index in [1.54, 1.807) is 36.4 Å². The van der Waals surface area contributed by atoms with Crippen LogP contribution in [-0.4, -0.2) is 42.4 Å². The molecule has 1 heterocycles. The summed E-state index contributed by atoms with van der Waals surface area (Å²) in [4.78, 5) is 24.0. The number of nitrogens with one attached hydrogen (secondary N) is 2. The predicted octanol–water partition coefficient (Wildman–Crippen LogP) is 2.32. The Kier molecular flexibility index (Phi) is 6.53. The van der Waals surface area contributed by atoms with Crippen molar-refractivity contribution in [1.29, 1.82) is 0 Å². The van der Waals surface area contributed by atoms with Gasteiger partial charge in [0.25, 0.3) is 11.8 Å². The Balaban J connectivity index is 1.48. The van der Waals surface area contributed by atoms with E-state index in [0.29, 0.717) is 21.5 Å². The number of hydrazone groups is 1. The molecule has 0 bridgehead atoms. The number of fused-ring (bicyclic) bond motifs is 1. The molecule has 2 aromatic carbocycles. The largest absolute Gasteiger partial charge is 0.506 e. The van der Waals surface area contributed by atoms with Crippen molar-refractivity contribution < 1.29 is 24.2 Å². The molecular formula is C18H15Br2N3O5. The number of benzene rings is 2. The summed E-state index contributed by atoms with van der Waals surface area (Å²) >= 11 is 6.50. The number of para-hydroxylation sites is 2. The summed E-state index contributed by atoms with van der Waals surface area (Å²) in [5.74, 6) is 0.0331. The van der Waals surface area contributed by atoms with Crippen molar-refractivity contribution in [2.75, 3.05) is 13.2 Å². The molecule has 0 aromatic heterocycles. The van der Waals surface area contributed by atoms with Gasteiger partial charge >= 0.3 is 0 Å². The van der Waals surface area contributed by atoms with E-state index >= 15 is 0 Å². The van der Waals surface area contributed by atoms with Gasteiger partial charge in [0.15, 0.2) is 11.5 Å². The lowest BCUT2D eigenvalue weighted by Gasteiger charge is -2.25. The third-order valence-electron chi connectivity index (χ3n) is 3.67. The zero-order chi connectivity index (χ0) is 20.1. The summed E-state index contributed by atoms with van der Waals surface area (Å²) in [5, 5.41) is 16.2. The van der Waals surface area contributed by atoms with Crippen LogP contribution in [0.4, 0.5) is 0 Å². The van der Waals surface area contributed by atoms with E-state index in [2.05, 4.69) is 47.7 Å². The molecule has 2 amide bonds. The fourth-order valence-electron chi connectivity index (χ4n) is 2.33. The number of ether oxygens (including phenoxy) is 2. The second-order valence-corrected chi connectivity index (χ2v) is 7.47. The number of carbonyl (C=O) groups excluding carboxylic acids is 2. The molecule has 0 spiro atoms. The molecule has 0 saturated carbocycles. The zero-order valence-corrected chi connectivity index (χ0v) is 17.5. The highest BCUT2D eigenvalue weighted by atomic mass is 79.9. The number of halogens is 2. The van der Waals surface area contributed by atoms with Crippen LogP contribution in [0.3, 0.4) is 0 Å². The summed E-state index contributed by atoms with van der Waals surface area (Å²) < 4.78 is 12.2. The van der Waals surface area contributed by atoms with Crippen LogP contribution >= 0.6 is 31.9 Å². The highest BCUT2D eigenvalue weighted by Crippen LogP contribution is 2.31. The number of aromatic hydroxyl groups is 1. The van der Waals surface area contributed by atoms with E-state index in [4.69, 9.17) is 9.47 Å². The molecule has 0 radical (unpaired) electrons. The van der Waals surface area contributed by atoms with Crippen molar-refractivity contribution in [2.45, 2.75) is 6.10 Å². The highest BCUT2D eigenvalue weighted by molar-refractivity contribution is 9.11. The fraction of sp³-hybridized carbons (Fsp3) is 0.167. The van der Waals surface area contributed by atoms with E-state index in [9.17, 15) is 14.7 Å². The van der Waals surface area contributed by atoms with Gasteiger partial charge in [-0.3, -0.25) is 9.59 Å². The van der Waals surface area contributed by atoms with Crippen molar-refractivity contribution in [3.63, 3.8) is 0 Å². The van der Waals surface area contributed by atoms with Crippen molar-refractivity contribution in [3.8, 4) is 17.2 Å². The van der Waals surface area contributed by atoms with Crippen LogP contribution in [0.5, 0.6) is 17.2 Å². The van der Waals surface area contributed by atoms with Gasteiger partial charge in [0, 0.05) is 10.0 Å². The second kappa shape index (κ2) is 9.07. The molecule has 2 aromatic rings. The number of rotatable bonds is 5. The van der Waals surface area contributed by atoms with Gasteiger partial charge in [-0.25, -0.2) is 5.43 Å². The lowest BCUT2D eigenvalue weighted by atomic mass is 10.2. The van der Waals surface area contributed by atoms with E-state index in [1.165, 1.54) is 6.21 Å². The van der Waals surface area contributed by atoms with Gasteiger partial charge in [-0.2, -0.15) is 5.10 Å². The number of hydrogen-bond donors (Lipinski definition) is 3. The number of phenols is 1. The average molecular weight is 513 g/mol.